The van der Waals surface area contributed by atoms with Gasteiger partial charge in [0.1, 0.15) is 35.2 Å². The summed E-state index contributed by atoms with van der Waals surface area (Å²) in [5, 5.41) is 13.0. The number of carbonyl (C=O) groups is 2. The van der Waals surface area contributed by atoms with Crippen LogP contribution in [0, 0.1) is 6.92 Å². The lowest BCUT2D eigenvalue weighted by atomic mass is 10.3. The highest BCUT2D eigenvalue weighted by Gasteiger charge is 2.38. The minimum absolute atomic E-state index is 0.0136. The highest BCUT2D eigenvalue weighted by molar-refractivity contribution is 7.92. The molecule has 2 aromatic rings. The van der Waals surface area contributed by atoms with Gasteiger partial charge in [-0.05, 0) is 36.3 Å². The topological polar surface area (TPSA) is 227 Å². The lowest BCUT2D eigenvalue weighted by molar-refractivity contribution is -0.192. The van der Waals surface area contributed by atoms with Crippen LogP contribution < -0.4 is 36.5 Å². The van der Waals surface area contributed by atoms with Crippen LogP contribution in [0.3, 0.4) is 0 Å². The number of rotatable bonds is 11. The van der Waals surface area contributed by atoms with Crippen LogP contribution in [0.5, 0.6) is 11.5 Å². The van der Waals surface area contributed by atoms with Crippen molar-refractivity contribution >= 4 is 33.5 Å². The Labute approximate surface area is 225 Å². The SMILES string of the molecule is COc1ccc(OC)c(S(=O)(=O)Nc2ccc(C)n(CC(=O)NCCON=C(N)N)c2=O)c1.O=C(O)C(F)(F)F. The maximum absolute atomic E-state index is 13.0. The summed E-state index contributed by atoms with van der Waals surface area (Å²) in [6.07, 6.45) is -5.08. The molecule has 0 aliphatic rings. The van der Waals surface area contributed by atoms with Crippen molar-refractivity contribution in [3.05, 3.63) is 46.4 Å². The number of nitrogens with one attached hydrogen (secondary N) is 2. The third-order valence-electron chi connectivity index (χ3n) is 4.53. The van der Waals surface area contributed by atoms with Crippen LogP contribution in [0.25, 0.3) is 0 Å². The van der Waals surface area contributed by atoms with Crippen LogP contribution in [0.1, 0.15) is 5.69 Å². The van der Waals surface area contributed by atoms with E-state index in [2.05, 4.69) is 15.2 Å². The first kappa shape index (κ1) is 33.3. The second kappa shape index (κ2) is 14.5. The van der Waals surface area contributed by atoms with E-state index in [4.69, 9.17) is 35.7 Å². The normalized spacial score (nSPS) is 10.8. The van der Waals surface area contributed by atoms with Gasteiger partial charge in [0.05, 0.1) is 20.8 Å². The van der Waals surface area contributed by atoms with Crippen molar-refractivity contribution in [3.63, 3.8) is 0 Å². The van der Waals surface area contributed by atoms with Crippen molar-refractivity contribution in [3.8, 4) is 11.5 Å². The maximum atomic E-state index is 13.0. The number of amides is 1. The van der Waals surface area contributed by atoms with Gasteiger partial charge in [0, 0.05) is 11.8 Å². The van der Waals surface area contributed by atoms with Crippen molar-refractivity contribution in [1.29, 1.82) is 0 Å². The first-order valence-corrected chi connectivity index (χ1v) is 12.2. The van der Waals surface area contributed by atoms with Crippen molar-refractivity contribution in [2.45, 2.75) is 24.5 Å². The van der Waals surface area contributed by atoms with Gasteiger partial charge in [0.2, 0.25) is 11.9 Å². The summed E-state index contributed by atoms with van der Waals surface area (Å²) in [6.45, 7) is 1.37. The number of benzene rings is 1. The number of carboxylic acids is 1. The molecule has 0 aliphatic heterocycles. The quantitative estimate of drug-likeness (QED) is 0.0998. The van der Waals surface area contributed by atoms with Gasteiger partial charge in [-0.2, -0.15) is 13.2 Å². The van der Waals surface area contributed by atoms with Crippen molar-refractivity contribution in [1.82, 2.24) is 9.88 Å². The Bertz CT molecular complexity index is 1390. The van der Waals surface area contributed by atoms with Crippen molar-refractivity contribution in [2.75, 3.05) is 32.1 Å². The molecular formula is C21H27F3N6O9S. The fraction of sp³-hybridized carbons (Fsp3) is 0.333. The Morgan fingerprint density at radius 1 is 1.12 bits per heavy atom. The Balaban J connectivity index is 0.00000101. The van der Waals surface area contributed by atoms with Gasteiger partial charge in [-0.1, -0.05) is 0 Å². The number of pyridine rings is 1. The number of alkyl halides is 3. The lowest BCUT2D eigenvalue weighted by Gasteiger charge is -2.15. The van der Waals surface area contributed by atoms with E-state index in [1.807, 2.05) is 0 Å². The van der Waals surface area contributed by atoms with E-state index >= 15 is 0 Å². The number of carboxylic acid groups (broad SMARTS) is 1. The van der Waals surface area contributed by atoms with Crippen LogP contribution in [0.2, 0.25) is 0 Å². The number of methoxy groups -OCH3 is 2. The Morgan fingerprint density at radius 3 is 2.27 bits per heavy atom. The monoisotopic (exact) mass is 596 g/mol. The zero-order valence-electron chi connectivity index (χ0n) is 21.3. The van der Waals surface area contributed by atoms with Crippen LogP contribution >= 0.6 is 0 Å². The Kier molecular flexibility index (Phi) is 12.1. The molecule has 7 N–H and O–H groups in total. The van der Waals surface area contributed by atoms with Gasteiger partial charge in [-0.25, -0.2) is 13.2 Å². The van der Waals surface area contributed by atoms with Crippen LogP contribution in [0.4, 0.5) is 18.9 Å². The van der Waals surface area contributed by atoms with Crippen LogP contribution in [-0.2, 0) is 31.0 Å². The fourth-order valence-corrected chi connectivity index (χ4v) is 3.94. The molecule has 1 aromatic carbocycles. The molecule has 222 valence electrons. The number of aliphatic carboxylic acids is 1. The number of hydrogen-bond acceptors (Lipinski definition) is 9. The average Bonchev–Trinajstić information content (AvgIpc) is 2.87. The molecule has 1 amide bonds. The summed E-state index contributed by atoms with van der Waals surface area (Å²) < 4.78 is 71.2. The van der Waals surface area contributed by atoms with E-state index in [-0.39, 0.29) is 47.7 Å². The lowest BCUT2D eigenvalue weighted by Crippen LogP contribution is -2.36. The van der Waals surface area contributed by atoms with E-state index in [9.17, 15) is 31.2 Å². The maximum Gasteiger partial charge on any atom is 0.490 e. The minimum atomic E-state index is -5.08. The van der Waals surface area contributed by atoms with Crippen molar-refractivity contribution in [2.24, 2.45) is 16.6 Å². The summed E-state index contributed by atoms with van der Waals surface area (Å²) in [6, 6.07) is 7.07. The van der Waals surface area contributed by atoms with E-state index < -0.39 is 33.6 Å². The number of hydrogen-bond donors (Lipinski definition) is 5. The second-order valence-electron chi connectivity index (χ2n) is 7.40. The molecule has 0 saturated carbocycles. The van der Waals surface area contributed by atoms with Gasteiger partial charge in [0.15, 0.2) is 0 Å². The molecule has 19 heteroatoms. The van der Waals surface area contributed by atoms with Crippen LogP contribution in [-0.4, -0.2) is 69.5 Å². The number of carbonyl (C=O) groups excluding carboxylic acids is 1. The number of guanidine groups is 1. The second-order valence-corrected chi connectivity index (χ2v) is 9.06. The molecule has 2 rings (SSSR count). The highest BCUT2D eigenvalue weighted by atomic mass is 32.2. The third-order valence-corrected chi connectivity index (χ3v) is 5.91. The highest BCUT2D eigenvalue weighted by Crippen LogP contribution is 2.29. The Morgan fingerprint density at radius 2 is 1.75 bits per heavy atom. The summed E-state index contributed by atoms with van der Waals surface area (Å²) in [5.74, 6) is -3.15. The van der Waals surface area contributed by atoms with Crippen molar-refractivity contribution < 1.29 is 50.6 Å². The zero-order valence-corrected chi connectivity index (χ0v) is 22.1. The summed E-state index contributed by atoms with van der Waals surface area (Å²) in [5.41, 5.74) is 9.73. The predicted octanol–water partition coefficient (Wildman–Crippen LogP) is -0.0708. The molecule has 0 unspecified atom stereocenters. The van der Waals surface area contributed by atoms with Gasteiger partial charge in [-0.3, -0.25) is 14.3 Å². The summed E-state index contributed by atoms with van der Waals surface area (Å²) in [7, 11) is -1.50. The molecular weight excluding hydrogens is 569 g/mol. The number of nitrogens with zero attached hydrogens (tertiary/aromatic N) is 2. The molecule has 0 atom stereocenters. The van der Waals surface area contributed by atoms with Gasteiger partial charge in [0.25, 0.3) is 15.6 Å². The molecule has 0 aliphatic carbocycles. The Hall–Kier alpha value is -4.68. The number of nitrogens with two attached hydrogens (primary N) is 2. The minimum Gasteiger partial charge on any atom is -0.497 e. The number of aromatic nitrogens is 1. The molecule has 0 radical (unpaired) electrons. The number of ether oxygens (including phenoxy) is 2. The van der Waals surface area contributed by atoms with E-state index in [1.54, 1.807) is 6.92 Å². The average molecular weight is 597 g/mol. The number of oxime groups is 1. The fourth-order valence-electron chi connectivity index (χ4n) is 2.69. The predicted molar refractivity (Wildman–Crippen MR) is 134 cm³/mol. The molecule has 1 aromatic heterocycles. The van der Waals surface area contributed by atoms with E-state index in [0.29, 0.717) is 5.69 Å². The molecule has 0 spiro atoms. The molecule has 0 bridgehead atoms. The standard InChI is InChI=1S/C19H26N6O7S.C2HF3O2/c1-12-4-6-14(18(27)25(12)11-17(26)22-8-9-32-23-19(20)21)24-33(28,29)16-10-13(30-2)5-7-15(16)31-3;3-2(4,5)1(6)7/h4-7,10,24H,8-9,11H2,1-3H3,(H,22,26)(H4,20,21,23);(H,6,7). The molecule has 15 nitrogen and oxygen atoms in total. The summed E-state index contributed by atoms with van der Waals surface area (Å²) in [4.78, 5) is 38.5. The summed E-state index contributed by atoms with van der Waals surface area (Å²) >= 11 is 0. The van der Waals surface area contributed by atoms with Gasteiger partial charge in [-0.15, -0.1) is 0 Å². The first-order chi connectivity index (χ1) is 18.5. The number of aryl methyl sites for hydroxylation is 1. The molecule has 1 heterocycles. The number of anilines is 1. The number of halogens is 3. The third kappa shape index (κ3) is 10.2. The number of sulfonamides is 1. The molecule has 0 fully saturated rings. The largest absolute Gasteiger partial charge is 0.497 e. The first-order valence-electron chi connectivity index (χ1n) is 10.8. The smallest absolute Gasteiger partial charge is 0.490 e. The van der Waals surface area contributed by atoms with E-state index in [0.717, 1.165) is 4.57 Å². The molecule has 40 heavy (non-hydrogen) atoms. The van der Waals surface area contributed by atoms with Crippen LogP contribution in [0.15, 0.2) is 45.2 Å². The molecule has 0 saturated heterocycles. The van der Waals surface area contributed by atoms with Gasteiger partial charge < -0.3 is 40.8 Å². The van der Waals surface area contributed by atoms with Gasteiger partial charge >= 0.3 is 12.1 Å². The zero-order chi connectivity index (χ0) is 30.7. The van der Waals surface area contributed by atoms with E-state index in [1.165, 1.54) is 44.6 Å².